The van der Waals surface area contributed by atoms with Gasteiger partial charge < -0.3 is 24.6 Å². The molecule has 0 spiro atoms. The number of nitrogens with one attached hydrogen (secondary N) is 1. The molecule has 4 aromatic rings. The number of aliphatic hydroxyl groups excluding tert-OH is 1. The van der Waals surface area contributed by atoms with Gasteiger partial charge >= 0.3 is 0 Å². The minimum Gasteiger partial charge on any atom is -0.497 e. The summed E-state index contributed by atoms with van der Waals surface area (Å²) in [6.07, 6.45) is -0.203. The van der Waals surface area contributed by atoms with Gasteiger partial charge in [-0.05, 0) is 65.7 Å². The first kappa shape index (κ1) is 29.7. The number of aliphatic imine (C=N–C) groups is 1. The zero-order chi connectivity index (χ0) is 30.2. The van der Waals surface area contributed by atoms with Crippen LogP contribution in [0.25, 0.3) is 0 Å². The second-order valence-electron chi connectivity index (χ2n) is 10.1. The van der Waals surface area contributed by atoms with Gasteiger partial charge in [-0.15, -0.1) is 0 Å². The Bertz CT molecular complexity index is 1580. The van der Waals surface area contributed by atoms with Gasteiger partial charge in [0.1, 0.15) is 23.1 Å². The highest BCUT2D eigenvalue weighted by Gasteiger charge is 2.53. The van der Waals surface area contributed by atoms with E-state index in [1.54, 1.807) is 49.6 Å². The Morgan fingerprint density at radius 3 is 2.51 bits per heavy atom. The van der Waals surface area contributed by atoms with E-state index in [1.807, 2.05) is 36.4 Å². The number of methoxy groups -OCH3 is 1. The average molecular weight is 587 g/mol. The van der Waals surface area contributed by atoms with Crippen LogP contribution < -0.4 is 14.8 Å². The highest BCUT2D eigenvalue weighted by atomic mass is 19.1. The van der Waals surface area contributed by atoms with Crippen molar-refractivity contribution in [2.45, 2.75) is 31.0 Å². The molecule has 1 aliphatic heterocycles. The third-order valence-electron chi connectivity index (χ3n) is 7.19. The van der Waals surface area contributed by atoms with Crippen LogP contribution in [0.2, 0.25) is 0 Å². The number of halogens is 2. The maximum absolute atomic E-state index is 14.5. The SMILES string of the molecule is COc1cccc([C@H]2OC(c3ccc(OCCCO)cc3)=N[C@@]2(Cc2ccccc2)C(=O)NCc2cc(F)ccc2F)c1. The smallest absolute Gasteiger partial charge is 0.252 e. The first-order chi connectivity index (χ1) is 20.9. The molecule has 7 nitrogen and oxygen atoms in total. The van der Waals surface area contributed by atoms with Crippen molar-refractivity contribution in [1.29, 1.82) is 0 Å². The molecule has 43 heavy (non-hydrogen) atoms. The van der Waals surface area contributed by atoms with Crippen molar-refractivity contribution >= 4 is 11.8 Å². The monoisotopic (exact) mass is 586 g/mol. The summed E-state index contributed by atoms with van der Waals surface area (Å²) in [5.41, 5.74) is 0.625. The number of benzene rings is 4. The van der Waals surface area contributed by atoms with E-state index in [1.165, 1.54) is 0 Å². The van der Waals surface area contributed by atoms with E-state index < -0.39 is 29.2 Å². The van der Waals surface area contributed by atoms with Crippen molar-refractivity contribution < 1.29 is 32.9 Å². The third-order valence-corrected chi connectivity index (χ3v) is 7.19. The summed E-state index contributed by atoms with van der Waals surface area (Å²) in [6.45, 7) is 0.164. The summed E-state index contributed by atoms with van der Waals surface area (Å²) in [5.74, 6) is -0.298. The van der Waals surface area contributed by atoms with Crippen LogP contribution in [0.5, 0.6) is 11.5 Å². The molecule has 2 N–H and O–H groups in total. The van der Waals surface area contributed by atoms with Crippen LogP contribution in [0.1, 0.15) is 34.8 Å². The summed E-state index contributed by atoms with van der Waals surface area (Å²) in [7, 11) is 1.55. The van der Waals surface area contributed by atoms with Crippen LogP contribution in [0.3, 0.4) is 0 Å². The zero-order valence-electron chi connectivity index (χ0n) is 23.6. The van der Waals surface area contributed by atoms with Gasteiger partial charge in [-0.2, -0.15) is 0 Å². The average Bonchev–Trinajstić information content (AvgIpc) is 3.42. The third kappa shape index (κ3) is 6.84. The molecule has 0 unspecified atom stereocenters. The molecule has 1 aliphatic rings. The van der Waals surface area contributed by atoms with Crippen LogP contribution in [-0.2, 0) is 22.5 Å². The van der Waals surface area contributed by atoms with Gasteiger partial charge in [0.15, 0.2) is 11.6 Å². The number of carbonyl (C=O) groups excluding carboxylic acids is 1. The van der Waals surface area contributed by atoms with E-state index in [2.05, 4.69) is 5.32 Å². The normalized spacial score (nSPS) is 17.6. The Morgan fingerprint density at radius 1 is 0.977 bits per heavy atom. The molecule has 0 radical (unpaired) electrons. The van der Waals surface area contributed by atoms with Crippen molar-refractivity contribution in [1.82, 2.24) is 5.32 Å². The Labute approximate surface area is 248 Å². The van der Waals surface area contributed by atoms with Crippen molar-refractivity contribution in [2.75, 3.05) is 20.3 Å². The van der Waals surface area contributed by atoms with Crippen molar-refractivity contribution in [3.05, 3.63) is 131 Å². The first-order valence-electron chi connectivity index (χ1n) is 13.9. The van der Waals surface area contributed by atoms with Gasteiger partial charge in [0.25, 0.3) is 5.91 Å². The van der Waals surface area contributed by atoms with E-state index in [-0.39, 0.29) is 31.0 Å². The fourth-order valence-electron chi connectivity index (χ4n) is 5.00. The van der Waals surface area contributed by atoms with Crippen LogP contribution in [0.15, 0.2) is 102 Å². The fourth-order valence-corrected chi connectivity index (χ4v) is 5.00. The van der Waals surface area contributed by atoms with Crippen LogP contribution in [0.4, 0.5) is 8.78 Å². The lowest BCUT2D eigenvalue weighted by Gasteiger charge is -2.31. The molecular formula is C34H32F2N2O5. The van der Waals surface area contributed by atoms with Gasteiger partial charge in [0.2, 0.25) is 5.90 Å². The minimum absolute atomic E-state index is 0.0149. The second kappa shape index (κ2) is 13.5. The number of hydrogen-bond donors (Lipinski definition) is 2. The number of amides is 1. The Morgan fingerprint density at radius 2 is 1.77 bits per heavy atom. The molecule has 0 aromatic heterocycles. The highest BCUT2D eigenvalue weighted by molar-refractivity contribution is 6.01. The van der Waals surface area contributed by atoms with E-state index >= 15 is 0 Å². The van der Waals surface area contributed by atoms with E-state index in [9.17, 15) is 13.6 Å². The number of hydrogen-bond acceptors (Lipinski definition) is 6. The van der Waals surface area contributed by atoms with Gasteiger partial charge in [0.05, 0.1) is 13.7 Å². The van der Waals surface area contributed by atoms with E-state index in [4.69, 9.17) is 24.3 Å². The number of carbonyl (C=O) groups is 1. The summed E-state index contributed by atoms with van der Waals surface area (Å²) in [4.78, 5) is 19.2. The van der Waals surface area contributed by atoms with Crippen molar-refractivity contribution in [2.24, 2.45) is 4.99 Å². The summed E-state index contributed by atoms with van der Waals surface area (Å²) < 4.78 is 46.0. The Hall–Kier alpha value is -4.76. The van der Waals surface area contributed by atoms with Gasteiger partial charge in [0, 0.05) is 37.1 Å². The molecular weight excluding hydrogens is 554 g/mol. The maximum atomic E-state index is 14.5. The highest BCUT2D eigenvalue weighted by Crippen LogP contribution is 2.43. The number of ether oxygens (including phenoxy) is 3. The van der Waals surface area contributed by atoms with Gasteiger partial charge in [-0.1, -0.05) is 42.5 Å². The maximum Gasteiger partial charge on any atom is 0.252 e. The Kier molecular flexibility index (Phi) is 9.32. The molecule has 1 amide bonds. The largest absolute Gasteiger partial charge is 0.497 e. The van der Waals surface area contributed by atoms with E-state index in [0.717, 1.165) is 23.8 Å². The van der Waals surface area contributed by atoms with E-state index in [0.29, 0.717) is 35.7 Å². The molecule has 9 heteroatoms. The molecule has 0 bridgehead atoms. The lowest BCUT2D eigenvalue weighted by atomic mass is 9.82. The lowest BCUT2D eigenvalue weighted by molar-refractivity contribution is -0.129. The lowest BCUT2D eigenvalue weighted by Crippen LogP contribution is -2.49. The topological polar surface area (TPSA) is 89.4 Å². The molecule has 2 atom stereocenters. The summed E-state index contributed by atoms with van der Waals surface area (Å²) in [5, 5.41) is 11.8. The minimum atomic E-state index is -1.51. The quantitative estimate of drug-likeness (QED) is 0.213. The summed E-state index contributed by atoms with van der Waals surface area (Å²) in [6, 6.07) is 26.9. The van der Waals surface area contributed by atoms with Gasteiger partial charge in [-0.3, -0.25) is 4.79 Å². The molecule has 0 aliphatic carbocycles. The molecule has 222 valence electrons. The van der Waals surface area contributed by atoms with Gasteiger partial charge in [-0.25, -0.2) is 13.8 Å². The fraction of sp³-hybridized carbons (Fsp3) is 0.235. The first-order valence-corrected chi connectivity index (χ1v) is 13.9. The molecule has 4 aromatic carbocycles. The molecule has 5 rings (SSSR count). The van der Waals surface area contributed by atoms with Crippen molar-refractivity contribution in [3.8, 4) is 11.5 Å². The second-order valence-corrected chi connectivity index (χ2v) is 10.1. The number of rotatable bonds is 12. The molecule has 1 heterocycles. The zero-order valence-corrected chi connectivity index (χ0v) is 23.6. The van der Waals surface area contributed by atoms with Crippen molar-refractivity contribution in [3.63, 3.8) is 0 Å². The predicted molar refractivity (Wildman–Crippen MR) is 158 cm³/mol. The number of nitrogens with zero attached hydrogens (tertiary/aromatic N) is 1. The standard InChI is InChI=1S/C34H32F2N2O5/c1-41-29-10-5-9-25(20-29)31-34(21-23-7-3-2-4-8-23,33(40)37-22-26-19-27(35)13-16-30(26)36)38-32(43-31)24-11-14-28(15-12-24)42-18-6-17-39/h2-5,7-16,19-20,31,39H,6,17-18,21-22H2,1H3,(H,37,40)/t31-,34-/m1/s1. The number of aliphatic hydroxyl groups is 1. The van der Waals surface area contributed by atoms with Crippen LogP contribution in [-0.4, -0.2) is 42.8 Å². The van der Waals surface area contributed by atoms with Crippen LogP contribution >= 0.6 is 0 Å². The molecule has 0 saturated heterocycles. The molecule has 0 saturated carbocycles. The predicted octanol–water partition coefficient (Wildman–Crippen LogP) is 5.55. The summed E-state index contributed by atoms with van der Waals surface area (Å²) >= 11 is 0. The Balaban J connectivity index is 1.56. The molecule has 0 fully saturated rings. The van der Waals surface area contributed by atoms with Crippen LogP contribution in [0, 0.1) is 11.6 Å².